The predicted molar refractivity (Wildman–Crippen MR) is 86.1 cm³/mol. The van der Waals surface area contributed by atoms with Crippen LogP contribution in [0.1, 0.15) is 72.1 Å². The van der Waals surface area contributed by atoms with Crippen LogP contribution in [-0.4, -0.2) is 47.8 Å². The Kier molecular flexibility index (Phi) is 1.17. The van der Waals surface area contributed by atoms with Crippen molar-refractivity contribution in [1.82, 2.24) is 9.80 Å². The van der Waals surface area contributed by atoms with Gasteiger partial charge in [0.15, 0.2) is 0 Å². The van der Waals surface area contributed by atoms with E-state index in [1.54, 1.807) is 0 Å². The molecule has 1 aromatic rings. The Morgan fingerprint density at radius 1 is 1.32 bits per heavy atom. The highest BCUT2D eigenvalue weighted by molar-refractivity contribution is 5.97. The SMILES string of the molecule is [2H]C1([2H])[C@@H](N2C[C@]3([2H])c4c(cccc4C([2H])([2H])C([2H])([2H])C3([2H])[2H])C2=O)[C@]2([2H])CCN1C([2H])([2H])C2([2H])[2H]. The van der Waals surface area contributed by atoms with Gasteiger partial charge >= 0.3 is 0 Å². The molecule has 2 bridgehead atoms. The van der Waals surface area contributed by atoms with Crippen LogP contribution in [0.3, 0.4) is 0 Å². The molecular weight excluding hydrogens is 272 g/mol. The van der Waals surface area contributed by atoms with Crippen LogP contribution in [0.25, 0.3) is 0 Å². The average molecular weight is 310 g/mol. The molecule has 0 radical (unpaired) electrons. The molecule has 0 N–H and O–H groups in total. The third-order valence-corrected chi connectivity index (χ3v) is 4.47. The first-order chi connectivity index (χ1) is 16.1. The number of amides is 1. The molecule has 1 aromatic carbocycles. The Hall–Kier alpha value is -1.35. The Balaban J connectivity index is 1.78. The van der Waals surface area contributed by atoms with Crippen molar-refractivity contribution in [2.75, 3.05) is 26.1 Å². The maximum Gasteiger partial charge on any atom is 0.254 e. The summed E-state index contributed by atoms with van der Waals surface area (Å²) in [5.74, 6) is -6.13. The molecule has 116 valence electrons. The lowest BCUT2D eigenvalue weighted by atomic mass is 9.75. The predicted octanol–water partition coefficient (Wildman–Crippen LogP) is 2.66. The molecule has 1 unspecified atom stereocenters. The molecular formula is C19H24N2O. The molecule has 0 spiro atoms. The van der Waals surface area contributed by atoms with Gasteiger partial charge in [0.05, 0.1) is 0 Å². The summed E-state index contributed by atoms with van der Waals surface area (Å²) in [7, 11) is 0. The summed E-state index contributed by atoms with van der Waals surface area (Å²) < 4.78 is 120. The summed E-state index contributed by atoms with van der Waals surface area (Å²) in [6.07, 6.45) is -12.7. The van der Waals surface area contributed by atoms with E-state index < -0.39 is 68.8 Å². The standard InChI is InChI=1S/C19H24N2O/c22-19-16-6-2-4-14-3-1-5-15(18(14)16)11-21(19)17-12-20-9-7-13(17)8-10-20/h2,4,6,13,15,17H,1,3,5,7-12H2/t15-,17-/m1/s1/i1D2,3D2,5D2,7D2,9D2,12D2,13D,15D/t13-,15+,17+/m0. The molecule has 6 rings (SSSR count). The number of rotatable bonds is 1. The quantitative estimate of drug-likeness (QED) is 0.796. The highest BCUT2D eigenvalue weighted by Gasteiger charge is 2.43. The number of hydrogen-bond acceptors (Lipinski definition) is 2. The van der Waals surface area contributed by atoms with Gasteiger partial charge < -0.3 is 9.80 Å². The van der Waals surface area contributed by atoms with Crippen molar-refractivity contribution in [1.29, 1.82) is 0 Å². The molecule has 3 nitrogen and oxygen atoms in total. The van der Waals surface area contributed by atoms with Crippen molar-refractivity contribution in [2.24, 2.45) is 5.89 Å². The second-order valence-electron chi connectivity index (χ2n) is 5.71. The van der Waals surface area contributed by atoms with Gasteiger partial charge in [0.1, 0.15) is 0 Å². The zero-order valence-corrected chi connectivity index (χ0v) is 11.7. The number of benzene rings is 1. The third kappa shape index (κ3) is 1.81. The summed E-state index contributed by atoms with van der Waals surface area (Å²) >= 11 is 0. The monoisotopic (exact) mass is 310 g/mol. The Labute approximate surface area is 152 Å². The van der Waals surface area contributed by atoms with E-state index in [-0.39, 0.29) is 29.7 Å². The number of carbonyl (C=O) groups excluding carboxylic acids is 1. The van der Waals surface area contributed by atoms with Crippen LogP contribution in [0.15, 0.2) is 18.2 Å². The van der Waals surface area contributed by atoms with Crippen molar-refractivity contribution in [3.63, 3.8) is 0 Å². The number of piperidine rings is 3. The van der Waals surface area contributed by atoms with E-state index in [1.165, 1.54) is 18.2 Å². The zero-order valence-electron chi connectivity index (χ0n) is 25.7. The topological polar surface area (TPSA) is 23.6 Å². The fourth-order valence-corrected chi connectivity index (χ4v) is 3.40. The molecule has 4 aliphatic heterocycles. The van der Waals surface area contributed by atoms with Gasteiger partial charge in [0, 0.05) is 49.7 Å². The molecule has 0 aromatic heterocycles. The molecule has 4 heterocycles. The molecule has 3 fully saturated rings. The summed E-state index contributed by atoms with van der Waals surface area (Å²) in [6, 6.07) is 1.67. The second-order valence-corrected chi connectivity index (χ2v) is 5.71. The van der Waals surface area contributed by atoms with Gasteiger partial charge in [-0.3, -0.25) is 4.79 Å². The molecule has 3 saturated heterocycles. The van der Waals surface area contributed by atoms with E-state index >= 15 is 0 Å². The van der Waals surface area contributed by atoms with Crippen LogP contribution >= 0.6 is 0 Å². The fourth-order valence-electron chi connectivity index (χ4n) is 3.40. The number of nitrogens with zero attached hydrogens (tertiary/aromatic N) is 2. The first-order valence-electron chi connectivity index (χ1n) is 14.3. The lowest BCUT2D eigenvalue weighted by Gasteiger charge is -2.51. The zero-order chi connectivity index (χ0) is 27.3. The lowest BCUT2D eigenvalue weighted by Crippen LogP contribution is -2.60. The Morgan fingerprint density at radius 2 is 2.27 bits per heavy atom. The molecule has 1 amide bonds. The molecule has 5 aliphatic rings. The van der Waals surface area contributed by atoms with Gasteiger partial charge in [-0.25, -0.2) is 0 Å². The van der Waals surface area contributed by atoms with E-state index in [2.05, 4.69) is 0 Å². The number of fused-ring (bicyclic) bond motifs is 3. The van der Waals surface area contributed by atoms with Crippen molar-refractivity contribution in [3.8, 4) is 0 Å². The largest absolute Gasteiger partial charge is 0.333 e. The van der Waals surface area contributed by atoms with Crippen molar-refractivity contribution < 1.29 is 24.0 Å². The molecule has 22 heavy (non-hydrogen) atoms. The van der Waals surface area contributed by atoms with Gasteiger partial charge in [0.2, 0.25) is 0 Å². The van der Waals surface area contributed by atoms with Crippen LogP contribution in [-0.2, 0) is 6.37 Å². The van der Waals surface area contributed by atoms with E-state index in [0.717, 1.165) is 0 Å². The van der Waals surface area contributed by atoms with Crippen LogP contribution in [0.5, 0.6) is 0 Å². The van der Waals surface area contributed by atoms with Gasteiger partial charge in [-0.05, 0) is 68.0 Å². The minimum atomic E-state index is -3.25. The van der Waals surface area contributed by atoms with Gasteiger partial charge in [0.25, 0.3) is 5.91 Å². The number of carbonyl (C=O) groups is 1. The normalized spacial score (nSPS) is 66.2. The smallest absolute Gasteiger partial charge is 0.254 e. The summed E-state index contributed by atoms with van der Waals surface area (Å²) in [5, 5.41) is 0. The fraction of sp³-hybridized carbons (Fsp3) is 0.632. The lowest BCUT2D eigenvalue weighted by molar-refractivity contribution is 0.00258. The van der Waals surface area contributed by atoms with Crippen molar-refractivity contribution in [2.45, 2.75) is 43.8 Å². The molecule has 4 atom stereocenters. The van der Waals surface area contributed by atoms with Crippen LogP contribution in [0.2, 0.25) is 0 Å². The maximum absolute atomic E-state index is 13.8. The average Bonchev–Trinajstić information content (AvgIpc) is 2.73. The summed E-state index contributed by atoms with van der Waals surface area (Å²) in [5.41, 5.74) is -1.07. The highest BCUT2D eigenvalue weighted by Crippen LogP contribution is 2.41. The second kappa shape index (κ2) is 4.82. The van der Waals surface area contributed by atoms with Crippen LogP contribution < -0.4 is 0 Å². The minimum Gasteiger partial charge on any atom is -0.333 e. The van der Waals surface area contributed by atoms with E-state index in [0.29, 0.717) is 9.80 Å². The molecule has 0 saturated carbocycles. The highest BCUT2D eigenvalue weighted by atomic mass is 16.2. The Bertz CT molecular complexity index is 1180. The van der Waals surface area contributed by atoms with Gasteiger partial charge in [-0.15, -0.1) is 0 Å². The number of aryl methyl sites for hydroxylation is 1. The van der Waals surface area contributed by atoms with Crippen LogP contribution in [0, 0.1) is 5.89 Å². The number of hydrogen-bond donors (Lipinski definition) is 0. The van der Waals surface area contributed by atoms with Gasteiger partial charge in [-0.2, -0.15) is 0 Å². The van der Waals surface area contributed by atoms with Crippen LogP contribution in [0.4, 0.5) is 0 Å². The summed E-state index contributed by atoms with van der Waals surface area (Å²) in [4.78, 5) is 15.1. The third-order valence-electron chi connectivity index (χ3n) is 4.47. The molecule has 1 aliphatic carbocycles. The maximum atomic E-state index is 13.8. The van der Waals surface area contributed by atoms with E-state index in [4.69, 9.17) is 17.8 Å². The van der Waals surface area contributed by atoms with Crippen molar-refractivity contribution in [3.05, 3.63) is 34.9 Å². The summed E-state index contributed by atoms with van der Waals surface area (Å²) in [6.45, 7) is -6.97. The first kappa shape index (κ1) is 5.34. The Morgan fingerprint density at radius 3 is 3.23 bits per heavy atom. The molecule has 3 heteroatoms. The van der Waals surface area contributed by atoms with Crippen molar-refractivity contribution >= 4 is 5.91 Å². The van der Waals surface area contributed by atoms with E-state index in [9.17, 15) is 6.17 Å². The van der Waals surface area contributed by atoms with E-state index in [1.807, 2.05) is 0 Å². The van der Waals surface area contributed by atoms with Gasteiger partial charge in [-0.1, -0.05) is 12.1 Å². The first-order valence-corrected chi connectivity index (χ1v) is 7.29. The minimum absolute atomic E-state index is 0.308.